The van der Waals surface area contributed by atoms with Gasteiger partial charge >= 0.3 is 0 Å². The molecule has 3 aromatic rings. The molecule has 2 heterocycles. The van der Waals surface area contributed by atoms with Gasteiger partial charge in [-0.2, -0.15) is 10.2 Å². The van der Waals surface area contributed by atoms with Gasteiger partial charge in [0.2, 0.25) is 0 Å². The van der Waals surface area contributed by atoms with Gasteiger partial charge in [-0.25, -0.2) is 9.07 Å². The van der Waals surface area contributed by atoms with Crippen LogP contribution < -0.4 is 5.32 Å². The summed E-state index contributed by atoms with van der Waals surface area (Å²) in [5.41, 5.74) is 1.35. The van der Waals surface area contributed by atoms with E-state index in [9.17, 15) is 9.18 Å². The number of anilines is 1. The van der Waals surface area contributed by atoms with Crippen LogP contribution in [0.15, 0.2) is 42.6 Å². The number of hydrogen-bond acceptors (Lipinski definition) is 3. The topological polar surface area (TPSA) is 64.7 Å². The predicted molar refractivity (Wildman–Crippen MR) is 79.4 cm³/mol. The Balaban J connectivity index is 1.97. The van der Waals surface area contributed by atoms with Crippen LogP contribution in [0.25, 0.3) is 5.69 Å². The van der Waals surface area contributed by atoms with Crippen molar-refractivity contribution in [1.82, 2.24) is 19.6 Å². The van der Waals surface area contributed by atoms with Crippen LogP contribution in [0, 0.1) is 12.7 Å². The standard InChI is InChI=1S/C15H14FN5O/c1-10-9-14(18-15(22)13-7-8-17-20(13)2)21(19-10)12-6-4-3-5-11(12)16/h3-9H,1-2H3,(H,18,22). The maximum atomic E-state index is 14.0. The first kappa shape index (κ1) is 14.0. The highest BCUT2D eigenvalue weighted by Crippen LogP contribution is 2.20. The van der Waals surface area contributed by atoms with E-state index in [0.717, 1.165) is 0 Å². The molecule has 0 radical (unpaired) electrons. The minimum absolute atomic E-state index is 0.274. The summed E-state index contributed by atoms with van der Waals surface area (Å²) >= 11 is 0. The van der Waals surface area contributed by atoms with Gasteiger partial charge in [-0.3, -0.25) is 9.48 Å². The summed E-state index contributed by atoms with van der Waals surface area (Å²) in [4.78, 5) is 12.3. The number of aryl methyl sites for hydroxylation is 2. The number of carbonyl (C=O) groups is 1. The SMILES string of the molecule is Cc1cc(NC(=O)c2ccnn2C)n(-c2ccccc2F)n1. The molecule has 0 aliphatic carbocycles. The Labute approximate surface area is 126 Å². The van der Waals surface area contributed by atoms with Crippen LogP contribution in [0.1, 0.15) is 16.2 Å². The molecule has 0 fully saturated rings. The average molecular weight is 299 g/mol. The molecule has 0 aliphatic rings. The molecular formula is C15H14FN5O. The maximum absolute atomic E-state index is 14.0. The molecule has 0 bridgehead atoms. The second-order valence-corrected chi connectivity index (χ2v) is 4.83. The van der Waals surface area contributed by atoms with Crippen molar-refractivity contribution in [2.24, 2.45) is 7.05 Å². The Morgan fingerprint density at radius 1 is 1.27 bits per heavy atom. The third-order valence-corrected chi connectivity index (χ3v) is 3.21. The van der Waals surface area contributed by atoms with Gasteiger partial charge in [-0.1, -0.05) is 12.1 Å². The Hall–Kier alpha value is -2.96. The van der Waals surface area contributed by atoms with Crippen LogP contribution >= 0.6 is 0 Å². The van der Waals surface area contributed by atoms with Crippen molar-refractivity contribution in [2.75, 3.05) is 5.32 Å². The fourth-order valence-electron chi connectivity index (χ4n) is 2.17. The molecule has 0 saturated heterocycles. The quantitative estimate of drug-likeness (QED) is 0.807. The molecule has 0 unspecified atom stereocenters. The normalized spacial score (nSPS) is 10.7. The highest BCUT2D eigenvalue weighted by atomic mass is 19.1. The van der Waals surface area contributed by atoms with Crippen LogP contribution in [-0.2, 0) is 7.05 Å². The summed E-state index contributed by atoms with van der Waals surface area (Å²) in [6, 6.07) is 9.54. The molecule has 1 amide bonds. The zero-order chi connectivity index (χ0) is 15.7. The number of amides is 1. The van der Waals surface area contributed by atoms with Crippen molar-refractivity contribution in [3.63, 3.8) is 0 Å². The van der Waals surface area contributed by atoms with Crippen molar-refractivity contribution in [3.8, 4) is 5.69 Å². The molecule has 6 nitrogen and oxygen atoms in total. The lowest BCUT2D eigenvalue weighted by Crippen LogP contribution is -2.18. The number of nitrogens with zero attached hydrogens (tertiary/aromatic N) is 4. The summed E-state index contributed by atoms with van der Waals surface area (Å²) < 4.78 is 16.8. The zero-order valence-corrected chi connectivity index (χ0v) is 12.1. The third-order valence-electron chi connectivity index (χ3n) is 3.21. The van der Waals surface area contributed by atoms with Crippen LogP contribution in [0.5, 0.6) is 0 Å². The Kier molecular flexibility index (Phi) is 3.46. The lowest BCUT2D eigenvalue weighted by Gasteiger charge is -2.09. The summed E-state index contributed by atoms with van der Waals surface area (Å²) in [7, 11) is 1.67. The van der Waals surface area contributed by atoms with Crippen molar-refractivity contribution >= 4 is 11.7 Å². The number of hydrogen-bond donors (Lipinski definition) is 1. The van der Waals surface area contributed by atoms with E-state index < -0.39 is 5.82 Å². The average Bonchev–Trinajstić information content (AvgIpc) is 3.05. The highest BCUT2D eigenvalue weighted by molar-refractivity contribution is 6.02. The second kappa shape index (κ2) is 5.44. The van der Waals surface area contributed by atoms with Crippen molar-refractivity contribution in [1.29, 1.82) is 0 Å². The zero-order valence-electron chi connectivity index (χ0n) is 12.1. The molecule has 0 spiro atoms. The predicted octanol–water partition coefficient (Wildman–Crippen LogP) is 2.31. The van der Waals surface area contributed by atoms with E-state index in [2.05, 4.69) is 15.5 Å². The molecule has 112 valence electrons. The van der Waals surface area contributed by atoms with E-state index in [1.54, 1.807) is 44.3 Å². The molecule has 1 aromatic carbocycles. The van der Waals surface area contributed by atoms with E-state index in [1.165, 1.54) is 21.6 Å². The summed E-state index contributed by atoms with van der Waals surface area (Å²) in [5.74, 6) is -0.354. The summed E-state index contributed by atoms with van der Waals surface area (Å²) in [5, 5.41) is 10.9. The molecule has 0 saturated carbocycles. The van der Waals surface area contributed by atoms with Crippen LogP contribution in [0.4, 0.5) is 10.2 Å². The molecule has 0 atom stereocenters. The van der Waals surface area contributed by atoms with Gasteiger partial charge < -0.3 is 5.32 Å². The molecule has 7 heteroatoms. The Morgan fingerprint density at radius 3 is 2.73 bits per heavy atom. The third kappa shape index (κ3) is 2.48. The molecule has 3 rings (SSSR count). The largest absolute Gasteiger partial charge is 0.305 e. The van der Waals surface area contributed by atoms with E-state index in [1.807, 2.05) is 0 Å². The Morgan fingerprint density at radius 2 is 2.05 bits per heavy atom. The fraction of sp³-hybridized carbons (Fsp3) is 0.133. The second-order valence-electron chi connectivity index (χ2n) is 4.83. The molecular weight excluding hydrogens is 285 g/mol. The highest BCUT2D eigenvalue weighted by Gasteiger charge is 2.16. The number of carbonyl (C=O) groups excluding carboxylic acids is 1. The molecule has 0 aliphatic heterocycles. The molecule has 22 heavy (non-hydrogen) atoms. The lowest BCUT2D eigenvalue weighted by atomic mass is 10.3. The van der Waals surface area contributed by atoms with E-state index >= 15 is 0 Å². The molecule has 1 N–H and O–H groups in total. The van der Waals surface area contributed by atoms with Gasteiger partial charge in [0.05, 0.1) is 5.69 Å². The summed E-state index contributed by atoms with van der Waals surface area (Å²) in [6.45, 7) is 1.77. The smallest absolute Gasteiger partial charge is 0.275 e. The van der Waals surface area contributed by atoms with Crippen molar-refractivity contribution in [2.45, 2.75) is 6.92 Å². The lowest BCUT2D eigenvalue weighted by molar-refractivity contribution is 0.101. The number of benzene rings is 1. The number of nitrogens with one attached hydrogen (secondary N) is 1. The number of halogens is 1. The van der Waals surface area contributed by atoms with Crippen LogP contribution in [-0.4, -0.2) is 25.5 Å². The monoisotopic (exact) mass is 299 g/mol. The van der Waals surface area contributed by atoms with Crippen LogP contribution in [0.3, 0.4) is 0 Å². The number of para-hydroxylation sites is 1. The summed E-state index contributed by atoms with van der Waals surface area (Å²) in [6.07, 6.45) is 1.54. The first-order valence-electron chi connectivity index (χ1n) is 6.67. The van der Waals surface area contributed by atoms with E-state index in [4.69, 9.17) is 0 Å². The first-order valence-corrected chi connectivity index (χ1v) is 6.67. The molecule has 2 aromatic heterocycles. The van der Waals surface area contributed by atoms with Crippen molar-refractivity contribution < 1.29 is 9.18 Å². The maximum Gasteiger partial charge on any atom is 0.275 e. The fourth-order valence-corrected chi connectivity index (χ4v) is 2.17. The van der Waals surface area contributed by atoms with Gasteiger partial charge in [-0.15, -0.1) is 0 Å². The van der Waals surface area contributed by atoms with Gasteiger partial charge in [0, 0.05) is 19.3 Å². The van der Waals surface area contributed by atoms with Gasteiger partial charge in [-0.05, 0) is 25.1 Å². The van der Waals surface area contributed by atoms with Gasteiger partial charge in [0.25, 0.3) is 5.91 Å². The number of aromatic nitrogens is 4. The van der Waals surface area contributed by atoms with E-state index in [-0.39, 0.29) is 11.6 Å². The minimum atomic E-state index is -0.415. The number of rotatable bonds is 3. The van der Waals surface area contributed by atoms with Gasteiger partial charge in [0.1, 0.15) is 23.0 Å². The van der Waals surface area contributed by atoms with Gasteiger partial charge in [0.15, 0.2) is 0 Å². The van der Waals surface area contributed by atoms with Crippen LogP contribution in [0.2, 0.25) is 0 Å². The Bertz CT molecular complexity index is 836. The van der Waals surface area contributed by atoms with E-state index in [0.29, 0.717) is 17.2 Å². The minimum Gasteiger partial charge on any atom is -0.305 e. The first-order chi connectivity index (χ1) is 10.6. The van der Waals surface area contributed by atoms with Crippen molar-refractivity contribution in [3.05, 3.63) is 59.8 Å².